The minimum Gasteiger partial charge on any atom is -0.338 e. The molecule has 1 aromatic carbocycles. The molecule has 0 atom stereocenters. The Morgan fingerprint density at radius 3 is 2.91 bits per heavy atom. The molecule has 4 nitrogen and oxygen atoms in total. The molecule has 1 fully saturated rings. The van der Waals surface area contributed by atoms with Crippen LogP contribution in [0.3, 0.4) is 0 Å². The van der Waals surface area contributed by atoms with Gasteiger partial charge in [0, 0.05) is 5.41 Å². The quantitative estimate of drug-likeness (QED) is 0.860. The standard InChI is InChI=1S/C18H21N3OS/c1-23-13-16-19-17(22-20-16)12-21-10-8-18(9-11-21)7-6-14-4-2-3-5-15(14)18/h2-7H,8-13H2,1H3. The van der Waals surface area contributed by atoms with Crippen LogP contribution >= 0.6 is 11.8 Å². The van der Waals surface area contributed by atoms with Crippen molar-refractivity contribution in [2.24, 2.45) is 0 Å². The van der Waals surface area contributed by atoms with Crippen LogP contribution in [0.25, 0.3) is 6.08 Å². The Balaban J connectivity index is 1.41. The third-order valence-electron chi connectivity index (χ3n) is 4.97. The fourth-order valence-corrected chi connectivity index (χ4v) is 4.09. The van der Waals surface area contributed by atoms with E-state index in [0.717, 1.165) is 49.9 Å². The number of likely N-dealkylation sites (tertiary alicyclic amines) is 1. The molecule has 4 rings (SSSR count). The Morgan fingerprint density at radius 1 is 1.26 bits per heavy atom. The van der Waals surface area contributed by atoms with Crippen molar-refractivity contribution < 1.29 is 4.52 Å². The van der Waals surface area contributed by atoms with Crippen molar-refractivity contribution in [1.82, 2.24) is 15.0 Å². The van der Waals surface area contributed by atoms with E-state index in [1.807, 2.05) is 6.26 Å². The van der Waals surface area contributed by atoms with E-state index in [2.05, 4.69) is 51.5 Å². The molecule has 1 aromatic heterocycles. The van der Waals surface area contributed by atoms with E-state index in [-0.39, 0.29) is 5.41 Å². The maximum absolute atomic E-state index is 5.36. The number of allylic oxidation sites excluding steroid dienone is 1. The number of benzene rings is 1. The summed E-state index contributed by atoms with van der Waals surface area (Å²) in [6.07, 6.45) is 9.07. The lowest BCUT2D eigenvalue weighted by molar-refractivity contribution is 0.159. The van der Waals surface area contributed by atoms with Crippen molar-refractivity contribution in [2.45, 2.75) is 30.6 Å². The summed E-state index contributed by atoms with van der Waals surface area (Å²) >= 11 is 1.71. The van der Waals surface area contributed by atoms with E-state index < -0.39 is 0 Å². The van der Waals surface area contributed by atoms with Crippen molar-refractivity contribution >= 4 is 17.8 Å². The Morgan fingerprint density at radius 2 is 2.09 bits per heavy atom. The molecule has 0 N–H and O–H groups in total. The van der Waals surface area contributed by atoms with Crippen LogP contribution in [0.15, 0.2) is 34.9 Å². The number of nitrogens with zero attached hydrogens (tertiary/aromatic N) is 3. The number of fused-ring (bicyclic) bond motifs is 2. The fourth-order valence-electron chi connectivity index (χ4n) is 3.71. The Bertz CT molecular complexity index is 717. The van der Waals surface area contributed by atoms with Crippen molar-refractivity contribution in [1.29, 1.82) is 0 Å². The van der Waals surface area contributed by atoms with E-state index in [1.54, 1.807) is 11.8 Å². The summed E-state index contributed by atoms with van der Waals surface area (Å²) in [5, 5.41) is 4.03. The maximum atomic E-state index is 5.36. The molecule has 2 aliphatic rings. The fraction of sp³-hybridized carbons (Fsp3) is 0.444. The molecule has 2 aromatic rings. The highest BCUT2D eigenvalue weighted by Gasteiger charge is 2.37. The normalized spacial score (nSPS) is 19.3. The van der Waals surface area contributed by atoms with Crippen LogP contribution in [0.4, 0.5) is 0 Å². The van der Waals surface area contributed by atoms with Gasteiger partial charge in [-0.05, 0) is 43.3 Å². The molecule has 0 amide bonds. The third-order valence-corrected chi connectivity index (χ3v) is 5.52. The second kappa shape index (κ2) is 6.13. The van der Waals surface area contributed by atoms with Crippen LogP contribution in [0.1, 0.15) is 35.7 Å². The van der Waals surface area contributed by atoms with Crippen LogP contribution in [0, 0.1) is 0 Å². The third kappa shape index (κ3) is 2.83. The topological polar surface area (TPSA) is 42.2 Å². The predicted molar refractivity (Wildman–Crippen MR) is 93.2 cm³/mol. The number of aromatic nitrogens is 2. The summed E-state index contributed by atoms with van der Waals surface area (Å²) in [4.78, 5) is 6.89. The van der Waals surface area contributed by atoms with Gasteiger partial charge in [-0.2, -0.15) is 16.7 Å². The predicted octanol–water partition coefficient (Wildman–Crippen LogP) is 3.49. The number of piperidine rings is 1. The number of hydrogen-bond acceptors (Lipinski definition) is 5. The zero-order chi connectivity index (χ0) is 15.7. The van der Waals surface area contributed by atoms with Gasteiger partial charge in [-0.1, -0.05) is 41.6 Å². The van der Waals surface area contributed by atoms with Crippen molar-refractivity contribution in [3.05, 3.63) is 53.2 Å². The van der Waals surface area contributed by atoms with Gasteiger partial charge in [-0.15, -0.1) is 0 Å². The van der Waals surface area contributed by atoms with E-state index in [0.29, 0.717) is 0 Å². The molecule has 0 saturated carbocycles. The van der Waals surface area contributed by atoms with Crippen molar-refractivity contribution in [2.75, 3.05) is 19.3 Å². The summed E-state index contributed by atoms with van der Waals surface area (Å²) in [6, 6.07) is 8.79. The van der Waals surface area contributed by atoms with Gasteiger partial charge in [-0.3, -0.25) is 4.90 Å². The van der Waals surface area contributed by atoms with Crippen LogP contribution in [-0.2, 0) is 17.7 Å². The van der Waals surface area contributed by atoms with Crippen LogP contribution in [0.2, 0.25) is 0 Å². The maximum Gasteiger partial charge on any atom is 0.240 e. The highest BCUT2D eigenvalue weighted by molar-refractivity contribution is 7.97. The highest BCUT2D eigenvalue weighted by atomic mass is 32.2. The highest BCUT2D eigenvalue weighted by Crippen LogP contribution is 2.43. The summed E-state index contributed by atoms with van der Waals surface area (Å²) in [6.45, 7) is 2.90. The smallest absolute Gasteiger partial charge is 0.240 e. The minimum atomic E-state index is 0.242. The first-order valence-electron chi connectivity index (χ1n) is 8.11. The Labute approximate surface area is 141 Å². The molecular weight excluding hydrogens is 306 g/mol. The molecule has 1 spiro atoms. The second-order valence-corrected chi connectivity index (χ2v) is 7.26. The molecule has 2 heterocycles. The van der Waals surface area contributed by atoms with Gasteiger partial charge in [0.25, 0.3) is 0 Å². The van der Waals surface area contributed by atoms with Gasteiger partial charge >= 0.3 is 0 Å². The summed E-state index contributed by atoms with van der Waals surface area (Å²) in [7, 11) is 0. The van der Waals surface area contributed by atoms with Gasteiger partial charge in [-0.25, -0.2) is 0 Å². The molecule has 1 aliphatic carbocycles. The SMILES string of the molecule is CSCc1noc(CN2CCC3(C=Cc4ccccc43)CC2)n1. The summed E-state index contributed by atoms with van der Waals surface area (Å²) < 4.78 is 5.36. The van der Waals surface area contributed by atoms with Gasteiger partial charge in [0.1, 0.15) is 0 Å². The van der Waals surface area contributed by atoms with Crippen molar-refractivity contribution in [3.8, 4) is 0 Å². The van der Waals surface area contributed by atoms with Gasteiger partial charge < -0.3 is 4.52 Å². The molecular formula is C18H21N3OS. The van der Waals surface area contributed by atoms with Gasteiger partial charge in [0.2, 0.25) is 5.89 Å². The molecule has 120 valence electrons. The number of hydrogen-bond donors (Lipinski definition) is 0. The van der Waals surface area contributed by atoms with E-state index in [1.165, 1.54) is 11.1 Å². The Kier molecular flexibility index (Phi) is 3.99. The van der Waals surface area contributed by atoms with Crippen LogP contribution < -0.4 is 0 Å². The number of thioether (sulfide) groups is 1. The zero-order valence-electron chi connectivity index (χ0n) is 13.4. The van der Waals surface area contributed by atoms with E-state index in [9.17, 15) is 0 Å². The molecule has 23 heavy (non-hydrogen) atoms. The first-order valence-corrected chi connectivity index (χ1v) is 9.50. The molecule has 0 radical (unpaired) electrons. The van der Waals surface area contributed by atoms with Gasteiger partial charge in [0.05, 0.1) is 12.3 Å². The van der Waals surface area contributed by atoms with E-state index >= 15 is 0 Å². The van der Waals surface area contributed by atoms with Crippen molar-refractivity contribution in [3.63, 3.8) is 0 Å². The average Bonchev–Trinajstić information content (AvgIpc) is 3.16. The summed E-state index contributed by atoms with van der Waals surface area (Å²) in [5.74, 6) is 2.36. The number of rotatable bonds is 4. The summed E-state index contributed by atoms with van der Waals surface area (Å²) in [5.41, 5.74) is 3.13. The molecule has 0 unspecified atom stereocenters. The average molecular weight is 327 g/mol. The Hall–Kier alpha value is -1.59. The lowest BCUT2D eigenvalue weighted by Gasteiger charge is -2.38. The van der Waals surface area contributed by atoms with Crippen LogP contribution in [0.5, 0.6) is 0 Å². The zero-order valence-corrected chi connectivity index (χ0v) is 14.2. The monoisotopic (exact) mass is 327 g/mol. The first kappa shape index (κ1) is 15.0. The minimum absolute atomic E-state index is 0.242. The van der Waals surface area contributed by atoms with Crippen LogP contribution in [-0.4, -0.2) is 34.4 Å². The lowest BCUT2D eigenvalue weighted by atomic mass is 9.74. The molecule has 1 saturated heterocycles. The largest absolute Gasteiger partial charge is 0.338 e. The van der Waals surface area contributed by atoms with Gasteiger partial charge in [0.15, 0.2) is 5.82 Å². The molecule has 5 heteroatoms. The molecule has 0 bridgehead atoms. The first-order chi connectivity index (χ1) is 11.3. The lowest BCUT2D eigenvalue weighted by Crippen LogP contribution is -2.40. The second-order valence-electron chi connectivity index (χ2n) is 6.39. The molecule has 1 aliphatic heterocycles. The van der Waals surface area contributed by atoms with E-state index in [4.69, 9.17) is 4.52 Å².